The Morgan fingerprint density at radius 2 is 1.94 bits per heavy atom. The van der Waals surface area contributed by atoms with Gasteiger partial charge in [0.1, 0.15) is 5.25 Å². The zero-order valence-electron chi connectivity index (χ0n) is 20.1. The minimum Gasteiger partial charge on any atom is -0.493 e. The van der Waals surface area contributed by atoms with E-state index in [1.807, 2.05) is 13.0 Å². The van der Waals surface area contributed by atoms with E-state index < -0.39 is 15.1 Å². The van der Waals surface area contributed by atoms with Gasteiger partial charge in [0.2, 0.25) is 5.91 Å². The van der Waals surface area contributed by atoms with Crippen molar-refractivity contribution in [3.8, 4) is 11.5 Å². The topological polar surface area (TPSA) is 105 Å². The number of methoxy groups -OCH3 is 1. The van der Waals surface area contributed by atoms with E-state index in [1.165, 1.54) is 12.0 Å². The molecule has 184 valence electrons. The largest absolute Gasteiger partial charge is 0.493 e. The maximum atomic E-state index is 13.3. The Morgan fingerprint density at radius 1 is 1.21 bits per heavy atom. The summed E-state index contributed by atoms with van der Waals surface area (Å²) in [7, 11) is 1.50. The monoisotopic (exact) mass is 489 g/mol. The standard InChI is InChI=1S/C24H31N3O6S/c1-6-33-20-12-16(10-11-19(20)32-4)21(34(5,30)31)14-27-13-17-8-7-9-18(23(17)24(27)29)25-22(28)15-26(2)3/h7-12,21H,6,13-15H2,1-5H3,(H,25,28). The number of benzene rings is 2. The van der Waals surface area contributed by atoms with Crippen LogP contribution in [-0.2, 0) is 21.2 Å². The third kappa shape index (κ3) is 5.68. The molecule has 1 aliphatic heterocycles. The second-order valence-corrected chi connectivity index (χ2v) is 10.7. The normalized spacial score (nSPS) is 14.2. The van der Waals surface area contributed by atoms with Crippen molar-refractivity contribution in [3.05, 3.63) is 53.1 Å². The van der Waals surface area contributed by atoms with E-state index in [2.05, 4.69) is 5.32 Å². The zero-order valence-corrected chi connectivity index (χ0v) is 20.9. The lowest BCUT2D eigenvalue weighted by Gasteiger charge is -2.24. The molecular formula is C24H31N3O6S. The number of amides is 2. The summed E-state index contributed by atoms with van der Waals surface area (Å²) in [5.74, 6) is 0.391. The molecule has 1 N–H and O–H groups in total. The molecule has 0 bridgehead atoms. The molecule has 1 heterocycles. The molecule has 0 saturated carbocycles. The Bertz CT molecular complexity index is 1180. The minimum atomic E-state index is -3.58. The van der Waals surface area contributed by atoms with Gasteiger partial charge in [0.05, 0.1) is 31.5 Å². The third-order valence-electron chi connectivity index (χ3n) is 5.51. The number of fused-ring (bicyclic) bond motifs is 1. The average Bonchev–Trinajstić information content (AvgIpc) is 3.07. The van der Waals surface area contributed by atoms with Crippen LogP contribution in [0.2, 0.25) is 0 Å². The van der Waals surface area contributed by atoms with Crippen LogP contribution in [0.25, 0.3) is 0 Å². The molecule has 10 heteroatoms. The molecule has 1 atom stereocenters. The van der Waals surface area contributed by atoms with Gasteiger partial charge in [-0.25, -0.2) is 8.42 Å². The van der Waals surface area contributed by atoms with Gasteiger partial charge in [0.15, 0.2) is 21.3 Å². The summed E-state index contributed by atoms with van der Waals surface area (Å²) in [6, 6.07) is 10.2. The summed E-state index contributed by atoms with van der Waals surface area (Å²) >= 11 is 0. The van der Waals surface area contributed by atoms with Crippen molar-refractivity contribution >= 4 is 27.3 Å². The maximum Gasteiger partial charge on any atom is 0.256 e. The van der Waals surface area contributed by atoms with Gasteiger partial charge in [-0.05, 0) is 50.3 Å². The molecule has 1 aliphatic rings. The number of carbonyl (C=O) groups excluding carboxylic acids is 2. The van der Waals surface area contributed by atoms with Crippen LogP contribution in [0.4, 0.5) is 5.69 Å². The number of anilines is 1. The van der Waals surface area contributed by atoms with Crippen molar-refractivity contribution in [3.63, 3.8) is 0 Å². The highest BCUT2D eigenvalue weighted by atomic mass is 32.2. The molecule has 34 heavy (non-hydrogen) atoms. The number of carbonyl (C=O) groups is 2. The number of nitrogens with one attached hydrogen (secondary N) is 1. The van der Waals surface area contributed by atoms with E-state index in [-0.39, 0.29) is 31.4 Å². The summed E-state index contributed by atoms with van der Waals surface area (Å²) in [6.07, 6.45) is 1.16. The predicted octanol–water partition coefficient (Wildman–Crippen LogP) is 2.34. The molecule has 0 saturated heterocycles. The first-order valence-electron chi connectivity index (χ1n) is 10.9. The van der Waals surface area contributed by atoms with E-state index in [0.29, 0.717) is 34.9 Å². The van der Waals surface area contributed by atoms with Crippen molar-refractivity contribution < 1.29 is 27.5 Å². The average molecular weight is 490 g/mol. The van der Waals surface area contributed by atoms with Crippen LogP contribution in [0.3, 0.4) is 0 Å². The highest BCUT2D eigenvalue weighted by molar-refractivity contribution is 7.91. The van der Waals surface area contributed by atoms with Gasteiger partial charge in [-0.1, -0.05) is 18.2 Å². The molecule has 0 aliphatic carbocycles. The number of nitrogens with zero attached hydrogens (tertiary/aromatic N) is 2. The predicted molar refractivity (Wildman–Crippen MR) is 130 cm³/mol. The first-order valence-corrected chi connectivity index (χ1v) is 12.9. The van der Waals surface area contributed by atoms with Crippen LogP contribution in [-0.4, -0.2) is 77.2 Å². The smallest absolute Gasteiger partial charge is 0.256 e. The highest BCUT2D eigenvalue weighted by Gasteiger charge is 2.35. The summed E-state index contributed by atoms with van der Waals surface area (Å²) < 4.78 is 36.4. The number of likely N-dealkylation sites (N-methyl/N-ethyl adjacent to an activating group) is 1. The number of ether oxygens (including phenoxy) is 2. The van der Waals surface area contributed by atoms with Crippen LogP contribution in [0.15, 0.2) is 36.4 Å². The zero-order chi connectivity index (χ0) is 25.0. The Balaban J connectivity index is 1.89. The Morgan fingerprint density at radius 3 is 2.56 bits per heavy atom. The van der Waals surface area contributed by atoms with Gasteiger partial charge in [0.25, 0.3) is 5.91 Å². The molecule has 0 radical (unpaired) electrons. The van der Waals surface area contributed by atoms with Gasteiger partial charge in [-0.15, -0.1) is 0 Å². The van der Waals surface area contributed by atoms with Crippen molar-refractivity contribution in [1.29, 1.82) is 0 Å². The summed E-state index contributed by atoms with van der Waals surface area (Å²) in [5, 5.41) is 1.84. The van der Waals surface area contributed by atoms with Crippen LogP contribution < -0.4 is 14.8 Å². The van der Waals surface area contributed by atoms with Crippen LogP contribution >= 0.6 is 0 Å². The number of rotatable bonds is 10. The van der Waals surface area contributed by atoms with E-state index in [9.17, 15) is 18.0 Å². The molecule has 2 aromatic carbocycles. The van der Waals surface area contributed by atoms with E-state index in [4.69, 9.17) is 9.47 Å². The summed E-state index contributed by atoms with van der Waals surface area (Å²) in [4.78, 5) is 28.8. The SMILES string of the molecule is CCOc1cc(C(CN2Cc3cccc(NC(=O)CN(C)C)c3C2=O)S(C)(=O)=O)ccc1OC. The number of sulfone groups is 1. The van der Waals surface area contributed by atoms with Crippen LogP contribution in [0.1, 0.15) is 33.7 Å². The van der Waals surface area contributed by atoms with Crippen molar-refractivity contribution in [1.82, 2.24) is 9.80 Å². The summed E-state index contributed by atoms with van der Waals surface area (Å²) in [6.45, 7) is 2.62. The third-order valence-corrected chi connectivity index (χ3v) is 6.96. The van der Waals surface area contributed by atoms with E-state index in [1.54, 1.807) is 49.3 Å². The van der Waals surface area contributed by atoms with Gasteiger partial charge in [-0.3, -0.25) is 9.59 Å². The molecular weight excluding hydrogens is 458 g/mol. The lowest BCUT2D eigenvalue weighted by molar-refractivity contribution is -0.116. The number of hydrogen-bond donors (Lipinski definition) is 1. The molecule has 0 fully saturated rings. The second-order valence-electron chi connectivity index (χ2n) is 8.47. The van der Waals surface area contributed by atoms with Crippen molar-refractivity contribution in [2.24, 2.45) is 0 Å². The van der Waals surface area contributed by atoms with Gasteiger partial charge < -0.3 is 24.6 Å². The molecule has 1 unspecified atom stereocenters. The fourth-order valence-electron chi connectivity index (χ4n) is 4.00. The Hall–Kier alpha value is -3.11. The van der Waals surface area contributed by atoms with Crippen molar-refractivity contribution in [2.45, 2.75) is 18.7 Å². The second kappa shape index (κ2) is 10.4. The van der Waals surface area contributed by atoms with Gasteiger partial charge in [-0.2, -0.15) is 0 Å². The lowest BCUT2D eigenvalue weighted by atomic mass is 10.1. The van der Waals surface area contributed by atoms with Crippen molar-refractivity contribution in [2.75, 3.05) is 52.5 Å². The van der Waals surface area contributed by atoms with Gasteiger partial charge >= 0.3 is 0 Å². The quantitative estimate of drug-likeness (QED) is 0.546. The first-order chi connectivity index (χ1) is 16.0. The lowest BCUT2D eigenvalue weighted by Crippen LogP contribution is -2.32. The summed E-state index contributed by atoms with van der Waals surface area (Å²) in [5.41, 5.74) is 2.07. The molecule has 2 aromatic rings. The molecule has 2 amide bonds. The molecule has 0 aromatic heterocycles. The fourth-order valence-corrected chi connectivity index (χ4v) is 5.09. The Labute approximate surface area is 200 Å². The van der Waals surface area contributed by atoms with Crippen LogP contribution in [0, 0.1) is 0 Å². The highest BCUT2D eigenvalue weighted by Crippen LogP contribution is 2.36. The molecule has 3 rings (SSSR count). The Kier molecular flexibility index (Phi) is 7.83. The molecule has 9 nitrogen and oxygen atoms in total. The van der Waals surface area contributed by atoms with Crippen LogP contribution in [0.5, 0.6) is 11.5 Å². The first kappa shape index (κ1) is 25.5. The van der Waals surface area contributed by atoms with E-state index in [0.717, 1.165) is 11.8 Å². The fraction of sp³-hybridized carbons (Fsp3) is 0.417. The maximum absolute atomic E-state index is 13.3. The molecule has 0 spiro atoms. The van der Waals surface area contributed by atoms with Gasteiger partial charge in [0, 0.05) is 19.3 Å². The minimum absolute atomic E-state index is 0.0324. The van der Waals surface area contributed by atoms with E-state index >= 15 is 0 Å². The number of hydrogen-bond acceptors (Lipinski definition) is 7.